The number of carbonyl (C=O) groups is 1. The van der Waals surface area contributed by atoms with Crippen LogP contribution in [-0.2, 0) is 4.79 Å². The second-order valence-corrected chi connectivity index (χ2v) is 6.00. The topological polar surface area (TPSA) is 68.8 Å². The molecule has 0 aromatic heterocycles. The largest absolute Gasteiger partial charge is 0.493 e. The summed E-state index contributed by atoms with van der Waals surface area (Å²) >= 11 is 0. The summed E-state index contributed by atoms with van der Waals surface area (Å²) in [5.74, 6) is 1.41. The van der Waals surface area contributed by atoms with Crippen LogP contribution in [0.3, 0.4) is 0 Å². The van der Waals surface area contributed by atoms with Gasteiger partial charge in [0.05, 0.1) is 27.9 Å². The Morgan fingerprint density at radius 1 is 1.08 bits per heavy atom. The first-order valence-electron chi connectivity index (χ1n) is 8.66. The molecule has 2 rings (SSSR count). The lowest BCUT2D eigenvalue weighted by atomic mass is 9.97. The van der Waals surface area contributed by atoms with Crippen LogP contribution in [0.4, 0.5) is 5.69 Å². The van der Waals surface area contributed by atoms with Crippen LogP contribution in [0.2, 0.25) is 0 Å². The molecule has 0 aliphatic heterocycles. The van der Waals surface area contributed by atoms with Crippen molar-refractivity contribution in [2.45, 2.75) is 32.1 Å². The molecular formula is C19H28N2O4. The molecule has 1 amide bonds. The third-order valence-corrected chi connectivity index (χ3v) is 4.24. The number of carbonyl (C=O) groups excluding carboxylic acids is 1. The molecule has 0 atom stereocenters. The summed E-state index contributed by atoms with van der Waals surface area (Å²) in [7, 11) is 4.64. The molecule has 1 aromatic rings. The Kier molecular flexibility index (Phi) is 7.60. The molecule has 0 saturated carbocycles. The number of hydrogen-bond acceptors (Lipinski definition) is 5. The maximum absolute atomic E-state index is 12.1. The van der Waals surface area contributed by atoms with Crippen LogP contribution in [0.5, 0.6) is 17.2 Å². The zero-order valence-electron chi connectivity index (χ0n) is 15.3. The molecule has 0 fully saturated rings. The van der Waals surface area contributed by atoms with Gasteiger partial charge in [0.1, 0.15) is 0 Å². The number of benzene rings is 1. The number of anilines is 1. The first-order chi connectivity index (χ1) is 12.2. The highest BCUT2D eigenvalue weighted by molar-refractivity contribution is 5.93. The Bertz CT molecular complexity index is 588. The molecule has 6 nitrogen and oxygen atoms in total. The molecule has 1 aliphatic carbocycles. The number of methoxy groups -OCH3 is 3. The minimum Gasteiger partial charge on any atom is -0.493 e. The van der Waals surface area contributed by atoms with Crippen molar-refractivity contribution in [2.24, 2.45) is 0 Å². The van der Waals surface area contributed by atoms with Crippen LogP contribution >= 0.6 is 0 Å². The van der Waals surface area contributed by atoms with Crippen LogP contribution in [0.15, 0.2) is 23.8 Å². The molecule has 0 unspecified atom stereocenters. The zero-order valence-corrected chi connectivity index (χ0v) is 15.3. The number of nitrogens with one attached hydrogen (secondary N) is 2. The quantitative estimate of drug-likeness (QED) is 0.530. The first kappa shape index (κ1) is 19.1. The second-order valence-electron chi connectivity index (χ2n) is 6.00. The standard InChI is InChI=1S/C19H28N2O4/c1-23-16-11-15(12-17(24-2)19(16)25-3)21-18(22)13-20-10-9-14-7-5-4-6-8-14/h7,11-12,20H,4-6,8-10,13H2,1-3H3,(H,21,22). The van der Waals surface area contributed by atoms with E-state index >= 15 is 0 Å². The van der Waals surface area contributed by atoms with E-state index in [1.807, 2.05) is 0 Å². The Hall–Kier alpha value is -2.21. The Morgan fingerprint density at radius 3 is 2.36 bits per heavy atom. The molecule has 1 aliphatic rings. The van der Waals surface area contributed by atoms with Crippen molar-refractivity contribution < 1.29 is 19.0 Å². The van der Waals surface area contributed by atoms with Crippen molar-refractivity contribution in [3.63, 3.8) is 0 Å². The Morgan fingerprint density at radius 2 is 1.80 bits per heavy atom. The normalized spacial score (nSPS) is 13.8. The minimum atomic E-state index is -0.105. The van der Waals surface area contributed by atoms with E-state index < -0.39 is 0 Å². The number of allylic oxidation sites excluding steroid dienone is 1. The second kappa shape index (κ2) is 9.93. The van der Waals surface area contributed by atoms with Crippen molar-refractivity contribution in [3.05, 3.63) is 23.8 Å². The van der Waals surface area contributed by atoms with Gasteiger partial charge in [-0.15, -0.1) is 0 Å². The summed E-state index contributed by atoms with van der Waals surface area (Å²) in [4.78, 5) is 12.1. The van der Waals surface area contributed by atoms with Crippen LogP contribution in [0.25, 0.3) is 0 Å². The van der Waals surface area contributed by atoms with Crippen LogP contribution in [-0.4, -0.2) is 40.3 Å². The van der Waals surface area contributed by atoms with E-state index in [1.54, 1.807) is 33.5 Å². The van der Waals surface area contributed by atoms with Crippen molar-refractivity contribution in [3.8, 4) is 17.2 Å². The fraction of sp³-hybridized carbons (Fsp3) is 0.526. The lowest BCUT2D eigenvalue weighted by Crippen LogP contribution is -2.29. The predicted molar refractivity (Wildman–Crippen MR) is 98.8 cm³/mol. The van der Waals surface area contributed by atoms with Gasteiger partial charge in [-0.3, -0.25) is 4.79 Å². The lowest BCUT2D eigenvalue weighted by Gasteiger charge is -2.15. The van der Waals surface area contributed by atoms with E-state index in [0.717, 1.165) is 13.0 Å². The summed E-state index contributed by atoms with van der Waals surface area (Å²) < 4.78 is 15.9. The molecule has 0 saturated heterocycles. The summed E-state index contributed by atoms with van der Waals surface area (Å²) in [6.45, 7) is 1.08. The molecule has 0 spiro atoms. The zero-order chi connectivity index (χ0) is 18.1. The Balaban J connectivity index is 1.84. The van der Waals surface area contributed by atoms with Gasteiger partial charge in [-0.25, -0.2) is 0 Å². The lowest BCUT2D eigenvalue weighted by molar-refractivity contribution is -0.115. The van der Waals surface area contributed by atoms with Gasteiger partial charge < -0.3 is 24.8 Å². The van der Waals surface area contributed by atoms with Gasteiger partial charge in [0.25, 0.3) is 0 Å². The summed E-state index contributed by atoms with van der Waals surface area (Å²) in [6, 6.07) is 3.43. The van der Waals surface area contributed by atoms with E-state index in [4.69, 9.17) is 14.2 Å². The minimum absolute atomic E-state index is 0.105. The average molecular weight is 348 g/mol. The highest BCUT2D eigenvalue weighted by atomic mass is 16.5. The van der Waals surface area contributed by atoms with Gasteiger partial charge in [0.2, 0.25) is 11.7 Å². The van der Waals surface area contributed by atoms with Crippen LogP contribution < -0.4 is 24.8 Å². The molecule has 1 aromatic carbocycles. The monoisotopic (exact) mass is 348 g/mol. The molecule has 0 heterocycles. The highest BCUT2D eigenvalue weighted by Crippen LogP contribution is 2.39. The molecular weight excluding hydrogens is 320 g/mol. The molecule has 0 bridgehead atoms. The molecule has 0 radical (unpaired) electrons. The SMILES string of the molecule is COc1cc(NC(=O)CNCCC2=CCCCC2)cc(OC)c1OC. The fourth-order valence-electron chi connectivity index (χ4n) is 2.94. The molecule has 25 heavy (non-hydrogen) atoms. The van der Waals surface area contributed by atoms with Crippen molar-refractivity contribution in [2.75, 3.05) is 39.7 Å². The average Bonchev–Trinajstić information content (AvgIpc) is 2.65. The van der Waals surface area contributed by atoms with Crippen molar-refractivity contribution in [1.29, 1.82) is 0 Å². The Labute approximate surface area is 149 Å². The fourth-order valence-corrected chi connectivity index (χ4v) is 2.94. The maximum atomic E-state index is 12.1. The van der Waals surface area contributed by atoms with Crippen LogP contribution in [0.1, 0.15) is 32.1 Å². The molecule has 2 N–H and O–H groups in total. The highest BCUT2D eigenvalue weighted by Gasteiger charge is 2.14. The first-order valence-corrected chi connectivity index (χ1v) is 8.66. The van der Waals surface area contributed by atoms with Gasteiger partial charge in [0, 0.05) is 17.8 Å². The van der Waals surface area contributed by atoms with Gasteiger partial charge in [0.15, 0.2) is 11.5 Å². The predicted octanol–water partition coefficient (Wildman–Crippen LogP) is 3.13. The smallest absolute Gasteiger partial charge is 0.238 e. The molecule has 138 valence electrons. The molecule has 6 heteroatoms. The third kappa shape index (κ3) is 5.67. The number of hydrogen-bond donors (Lipinski definition) is 2. The number of rotatable bonds is 9. The summed E-state index contributed by atoms with van der Waals surface area (Å²) in [5.41, 5.74) is 2.11. The van der Waals surface area contributed by atoms with Crippen molar-refractivity contribution >= 4 is 11.6 Å². The van der Waals surface area contributed by atoms with Crippen molar-refractivity contribution in [1.82, 2.24) is 5.32 Å². The number of ether oxygens (including phenoxy) is 3. The van der Waals surface area contributed by atoms with E-state index in [9.17, 15) is 4.79 Å². The van der Waals surface area contributed by atoms with E-state index in [-0.39, 0.29) is 12.5 Å². The van der Waals surface area contributed by atoms with E-state index in [1.165, 1.54) is 31.3 Å². The maximum Gasteiger partial charge on any atom is 0.238 e. The van der Waals surface area contributed by atoms with Gasteiger partial charge in [-0.1, -0.05) is 11.6 Å². The van der Waals surface area contributed by atoms with Gasteiger partial charge >= 0.3 is 0 Å². The van der Waals surface area contributed by atoms with Gasteiger partial charge in [-0.2, -0.15) is 0 Å². The third-order valence-electron chi connectivity index (χ3n) is 4.24. The van der Waals surface area contributed by atoms with Gasteiger partial charge in [-0.05, 0) is 38.6 Å². The summed E-state index contributed by atoms with van der Waals surface area (Å²) in [5, 5.41) is 6.04. The van der Waals surface area contributed by atoms with E-state index in [0.29, 0.717) is 22.9 Å². The number of amides is 1. The van der Waals surface area contributed by atoms with E-state index in [2.05, 4.69) is 16.7 Å². The van der Waals surface area contributed by atoms with Crippen LogP contribution in [0, 0.1) is 0 Å². The summed E-state index contributed by atoms with van der Waals surface area (Å²) in [6.07, 6.45) is 8.32.